The van der Waals surface area contributed by atoms with E-state index in [1.54, 1.807) is 0 Å². The second-order valence-electron chi connectivity index (χ2n) is 4.47. The highest BCUT2D eigenvalue weighted by Gasteiger charge is 2.10. The molecule has 0 aliphatic rings. The van der Waals surface area contributed by atoms with E-state index in [9.17, 15) is 0 Å². The molecule has 4 nitrogen and oxygen atoms in total. The third kappa shape index (κ3) is 4.95. The Morgan fingerprint density at radius 3 is 2.47 bits per heavy atom. The smallest absolute Gasteiger partial charge is 0.226 e. The highest BCUT2D eigenvalue weighted by atomic mass is 16.5. The normalized spacial score (nSPS) is 11.1. The Morgan fingerprint density at radius 1 is 1.29 bits per heavy atom. The molecule has 1 aromatic heterocycles. The lowest BCUT2D eigenvalue weighted by atomic mass is 10.1. The highest BCUT2D eigenvalue weighted by molar-refractivity contribution is 4.90. The topological polar surface area (TPSA) is 42.2 Å². The first kappa shape index (κ1) is 13.6. The molecule has 1 rings (SSSR count). The standard InChI is InChI=1S/C13H21N3O/c1-5-7-16(8-6-2)10-12-14-13(17-15-12)9-11(3)4/h5-6,11H,1-2,7-10H2,3-4H3. The van der Waals surface area contributed by atoms with Crippen LogP contribution in [0, 0.1) is 5.92 Å². The third-order valence-electron chi connectivity index (χ3n) is 2.23. The van der Waals surface area contributed by atoms with Gasteiger partial charge in [-0.05, 0) is 5.92 Å². The minimum atomic E-state index is 0.528. The van der Waals surface area contributed by atoms with Gasteiger partial charge in [-0.2, -0.15) is 4.98 Å². The van der Waals surface area contributed by atoms with E-state index in [4.69, 9.17) is 4.52 Å². The molecule has 0 amide bonds. The lowest BCUT2D eigenvalue weighted by Crippen LogP contribution is -2.23. The van der Waals surface area contributed by atoms with Crippen LogP contribution in [0.25, 0.3) is 0 Å². The van der Waals surface area contributed by atoms with E-state index < -0.39 is 0 Å². The van der Waals surface area contributed by atoms with E-state index in [0.29, 0.717) is 18.4 Å². The summed E-state index contributed by atoms with van der Waals surface area (Å²) in [5, 5.41) is 3.98. The van der Waals surface area contributed by atoms with Crippen LogP contribution in [0.3, 0.4) is 0 Å². The monoisotopic (exact) mass is 235 g/mol. The minimum Gasteiger partial charge on any atom is -0.339 e. The molecule has 4 heteroatoms. The van der Waals surface area contributed by atoms with Gasteiger partial charge in [0.2, 0.25) is 5.89 Å². The largest absolute Gasteiger partial charge is 0.339 e. The van der Waals surface area contributed by atoms with Gasteiger partial charge < -0.3 is 4.52 Å². The molecule has 0 aliphatic carbocycles. The highest BCUT2D eigenvalue weighted by Crippen LogP contribution is 2.07. The summed E-state index contributed by atoms with van der Waals surface area (Å²) in [7, 11) is 0. The Bertz CT molecular complexity index is 347. The Balaban J connectivity index is 2.56. The fourth-order valence-electron chi connectivity index (χ4n) is 1.56. The van der Waals surface area contributed by atoms with Crippen molar-refractivity contribution < 1.29 is 4.52 Å². The maximum atomic E-state index is 5.19. The molecule has 0 saturated carbocycles. The summed E-state index contributed by atoms with van der Waals surface area (Å²) in [5.74, 6) is 1.97. The van der Waals surface area contributed by atoms with Crippen molar-refractivity contribution in [1.29, 1.82) is 0 Å². The number of hydrogen-bond acceptors (Lipinski definition) is 4. The molecule has 0 spiro atoms. The van der Waals surface area contributed by atoms with Crippen molar-refractivity contribution in [2.45, 2.75) is 26.8 Å². The number of hydrogen-bond donors (Lipinski definition) is 0. The molecule has 0 aliphatic heterocycles. The lowest BCUT2D eigenvalue weighted by molar-refractivity contribution is 0.305. The van der Waals surface area contributed by atoms with Crippen LogP contribution in [0.2, 0.25) is 0 Å². The van der Waals surface area contributed by atoms with Crippen LogP contribution in [0.4, 0.5) is 0 Å². The molecule has 1 heterocycles. The summed E-state index contributed by atoms with van der Waals surface area (Å²) in [6.45, 7) is 14.0. The average Bonchev–Trinajstić information content (AvgIpc) is 2.65. The molecule has 0 saturated heterocycles. The summed E-state index contributed by atoms with van der Waals surface area (Å²) >= 11 is 0. The summed E-state index contributed by atoms with van der Waals surface area (Å²) in [6, 6.07) is 0. The molecule has 0 atom stereocenters. The molecular weight excluding hydrogens is 214 g/mol. The van der Waals surface area contributed by atoms with Gasteiger partial charge in [0.05, 0.1) is 6.54 Å². The van der Waals surface area contributed by atoms with E-state index in [2.05, 4.69) is 42.0 Å². The molecule has 17 heavy (non-hydrogen) atoms. The third-order valence-corrected chi connectivity index (χ3v) is 2.23. The SMILES string of the molecule is C=CCN(CC=C)Cc1noc(CC(C)C)n1. The number of rotatable bonds is 8. The van der Waals surface area contributed by atoms with Crippen LogP contribution in [-0.4, -0.2) is 28.1 Å². The summed E-state index contributed by atoms with van der Waals surface area (Å²) in [6.07, 6.45) is 4.55. The first-order chi connectivity index (χ1) is 8.15. The predicted molar refractivity (Wildman–Crippen MR) is 68.5 cm³/mol. The second-order valence-corrected chi connectivity index (χ2v) is 4.47. The van der Waals surface area contributed by atoms with Crippen molar-refractivity contribution in [2.75, 3.05) is 13.1 Å². The van der Waals surface area contributed by atoms with Crippen molar-refractivity contribution in [3.05, 3.63) is 37.0 Å². The van der Waals surface area contributed by atoms with Gasteiger partial charge in [0, 0.05) is 19.5 Å². The van der Waals surface area contributed by atoms with Crippen molar-refractivity contribution in [3.8, 4) is 0 Å². The second kappa shape index (κ2) is 7.01. The van der Waals surface area contributed by atoms with Crippen molar-refractivity contribution in [1.82, 2.24) is 15.0 Å². The van der Waals surface area contributed by atoms with Gasteiger partial charge in [-0.3, -0.25) is 4.90 Å². The maximum absolute atomic E-state index is 5.19. The minimum absolute atomic E-state index is 0.528. The fourth-order valence-corrected chi connectivity index (χ4v) is 1.56. The maximum Gasteiger partial charge on any atom is 0.226 e. The van der Waals surface area contributed by atoms with E-state index >= 15 is 0 Å². The van der Waals surface area contributed by atoms with Gasteiger partial charge in [-0.15, -0.1) is 13.2 Å². The molecule has 94 valence electrons. The quantitative estimate of drug-likeness (QED) is 0.649. The van der Waals surface area contributed by atoms with Crippen LogP contribution < -0.4 is 0 Å². The number of nitrogens with zero attached hydrogens (tertiary/aromatic N) is 3. The van der Waals surface area contributed by atoms with Gasteiger partial charge in [-0.1, -0.05) is 31.2 Å². The van der Waals surface area contributed by atoms with Crippen LogP contribution in [-0.2, 0) is 13.0 Å². The van der Waals surface area contributed by atoms with Crippen molar-refractivity contribution in [2.24, 2.45) is 5.92 Å². The molecule has 0 unspecified atom stereocenters. The molecule has 0 radical (unpaired) electrons. The van der Waals surface area contributed by atoms with Crippen LogP contribution in [0.15, 0.2) is 29.8 Å². The van der Waals surface area contributed by atoms with Crippen LogP contribution in [0.1, 0.15) is 25.6 Å². The number of aromatic nitrogens is 2. The van der Waals surface area contributed by atoms with Gasteiger partial charge >= 0.3 is 0 Å². The summed E-state index contributed by atoms with van der Waals surface area (Å²) in [5.41, 5.74) is 0. The Labute approximate surface area is 103 Å². The first-order valence-electron chi connectivity index (χ1n) is 5.91. The molecule has 1 aromatic rings. The zero-order valence-electron chi connectivity index (χ0n) is 10.7. The zero-order valence-corrected chi connectivity index (χ0v) is 10.7. The van der Waals surface area contributed by atoms with Crippen molar-refractivity contribution >= 4 is 0 Å². The molecule has 0 bridgehead atoms. The van der Waals surface area contributed by atoms with Gasteiger partial charge in [0.15, 0.2) is 5.82 Å². The van der Waals surface area contributed by atoms with Crippen LogP contribution >= 0.6 is 0 Å². The average molecular weight is 235 g/mol. The Hall–Kier alpha value is -1.42. The molecule has 0 aromatic carbocycles. The van der Waals surface area contributed by atoms with E-state index in [0.717, 1.165) is 25.3 Å². The fraction of sp³-hybridized carbons (Fsp3) is 0.538. The Morgan fingerprint density at radius 2 is 1.94 bits per heavy atom. The van der Waals surface area contributed by atoms with E-state index in [1.165, 1.54) is 0 Å². The molecule has 0 N–H and O–H groups in total. The van der Waals surface area contributed by atoms with Gasteiger partial charge in [0.1, 0.15) is 0 Å². The van der Waals surface area contributed by atoms with Gasteiger partial charge in [-0.25, -0.2) is 0 Å². The Kier molecular flexibility index (Phi) is 5.63. The summed E-state index contributed by atoms with van der Waals surface area (Å²) < 4.78 is 5.19. The zero-order chi connectivity index (χ0) is 12.7. The predicted octanol–water partition coefficient (Wildman–Crippen LogP) is 2.44. The van der Waals surface area contributed by atoms with E-state index in [1.807, 2.05) is 12.2 Å². The molecular formula is C13H21N3O. The molecule has 0 fully saturated rings. The van der Waals surface area contributed by atoms with Crippen molar-refractivity contribution in [3.63, 3.8) is 0 Å². The lowest BCUT2D eigenvalue weighted by Gasteiger charge is -2.15. The summed E-state index contributed by atoms with van der Waals surface area (Å²) in [4.78, 5) is 6.51. The first-order valence-corrected chi connectivity index (χ1v) is 5.91. The van der Waals surface area contributed by atoms with Crippen LogP contribution in [0.5, 0.6) is 0 Å². The van der Waals surface area contributed by atoms with Gasteiger partial charge in [0.25, 0.3) is 0 Å². The van der Waals surface area contributed by atoms with E-state index in [-0.39, 0.29) is 0 Å².